The summed E-state index contributed by atoms with van der Waals surface area (Å²) in [5.41, 5.74) is 2.08. The van der Waals surface area contributed by atoms with Gasteiger partial charge in [-0.2, -0.15) is 0 Å². The zero-order chi connectivity index (χ0) is 12.1. The van der Waals surface area contributed by atoms with Gasteiger partial charge in [0.15, 0.2) is 0 Å². The Hall–Kier alpha value is -1.12. The van der Waals surface area contributed by atoms with Crippen LogP contribution in [0.4, 0.5) is 0 Å². The summed E-state index contributed by atoms with van der Waals surface area (Å²) in [4.78, 5) is 13.6. The lowest BCUT2D eigenvalue weighted by molar-refractivity contribution is 0.404. The number of methoxy groups -OCH3 is 1. The minimum absolute atomic E-state index is 0.353. The summed E-state index contributed by atoms with van der Waals surface area (Å²) in [6.45, 7) is 4.54. The molecule has 0 saturated heterocycles. The van der Waals surface area contributed by atoms with Gasteiger partial charge in [-0.15, -0.1) is 0 Å². The molecule has 86 valence electrons. The molecule has 1 aromatic rings. The van der Waals surface area contributed by atoms with E-state index in [0.29, 0.717) is 12.5 Å². The lowest BCUT2D eigenvalue weighted by Gasteiger charge is -2.14. The molecule has 0 unspecified atom stereocenters. The molecule has 0 aliphatic rings. The molecule has 0 atom stereocenters. The first kappa shape index (κ1) is 12.9. The number of halogens is 1. The lowest BCUT2D eigenvalue weighted by atomic mass is 9.99. The molecule has 3 nitrogen and oxygen atoms in total. The van der Waals surface area contributed by atoms with Crippen LogP contribution in [0.2, 0.25) is 0 Å². The second kappa shape index (κ2) is 5.83. The van der Waals surface area contributed by atoms with E-state index in [-0.39, 0.29) is 0 Å². The van der Waals surface area contributed by atoms with E-state index >= 15 is 0 Å². The van der Waals surface area contributed by atoms with E-state index in [1.54, 1.807) is 13.2 Å². The highest BCUT2D eigenvalue weighted by Crippen LogP contribution is 2.35. The van der Waals surface area contributed by atoms with Crippen molar-refractivity contribution in [2.75, 3.05) is 7.11 Å². The maximum Gasteiger partial charge on any atom is 0.235 e. The largest absolute Gasteiger partial charge is 0.495 e. The summed E-state index contributed by atoms with van der Waals surface area (Å²) in [7, 11) is 1.65. The minimum atomic E-state index is 0.353. The van der Waals surface area contributed by atoms with Crippen molar-refractivity contribution in [1.29, 1.82) is 0 Å². The maximum absolute atomic E-state index is 10.1. The number of benzene rings is 1. The number of carbonyl (C=O) groups excluding carboxylic acids is 1. The standard InChI is InChI=1S/C12H14BrNO2/c1-8(2)10-4-9(6-14-7-15)5-11(13)12(10)16-3/h4-5,8H,6H2,1-3H3. The molecule has 1 rings (SSSR count). The van der Waals surface area contributed by atoms with E-state index in [0.717, 1.165) is 21.3 Å². The number of ether oxygens (including phenoxy) is 1. The number of rotatable bonds is 4. The molecule has 0 fully saturated rings. The molecular formula is C12H14BrNO2. The van der Waals surface area contributed by atoms with Crippen molar-refractivity contribution >= 4 is 22.0 Å². The Morgan fingerprint density at radius 1 is 1.50 bits per heavy atom. The van der Waals surface area contributed by atoms with Crippen LogP contribution < -0.4 is 4.74 Å². The van der Waals surface area contributed by atoms with Crippen molar-refractivity contribution in [2.24, 2.45) is 4.99 Å². The van der Waals surface area contributed by atoms with Gasteiger partial charge in [0, 0.05) is 0 Å². The minimum Gasteiger partial charge on any atom is -0.495 e. The highest BCUT2D eigenvalue weighted by molar-refractivity contribution is 9.10. The van der Waals surface area contributed by atoms with Gasteiger partial charge in [0.05, 0.1) is 18.1 Å². The normalized spacial score (nSPS) is 10.1. The fourth-order valence-corrected chi connectivity index (χ4v) is 2.22. The van der Waals surface area contributed by atoms with E-state index in [1.807, 2.05) is 12.1 Å². The molecular weight excluding hydrogens is 270 g/mol. The zero-order valence-corrected chi connectivity index (χ0v) is 11.2. The predicted octanol–water partition coefficient (Wildman–Crippen LogP) is 3.42. The van der Waals surface area contributed by atoms with Gasteiger partial charge in [-0.25, -0.2) is 9.79 Å². The average molecular weight is 284 g/mol. The quantitative estimate of drug-likeness (QED) is 0.627. The summed E-state index contributed by atoms with van der Waals surface area (Å²) >= 11 is 3.45. The Labute approximate surface area is 104 Å². The molecule has 0 aromatic heterocycles. The van der Waals surface area contributed by atoms with Crippen LogP contribution in [-0.4, -0.2) is 13.2 Å². The Bertz CT molecular complexity index is 423. The second-order valence-electron chi connectivity index (χ2n) is 3.76. The van der Waals surface area contributed by atoms with E-state index in [4.69, 9.17) is 4.74 Å². The van der Waals surface area contributed by atoms with E-state index in [2.05, 4.69) is 34.8 Å². The Kier molecular flexibility index (Phi) is 4.71. The number of hydrogen-bond acceptors (Lipinski definition) is 3. The van der Waals surface area contributed by atoms with Crippen LogP contribution in [0.15, 0.2) is 21.6 Å². The maximum atomic E-state index is 10.1. The van der Waals surface area contributed by atoms with E-state index in [9.17, 15) is 4.79 Å². The number of isocyanates is 1. The fourth-order valence-electron chi connectivity index (χ4n) is 1.53. The molecule has 16 heavy (non-hydrogen) atoms. The van der Waals surface area contributed by atoms with Crippen molar-refractivity contribution < 1.29 is 9.53 Å². The summed E-state index contributed by atoms with van der Waals surface area (Å²) < 4.78 is 6.23. The molecule has 0 saturated carbocycles. The molecule has 0 bridgehead atoms. The van der Waals surface area contributed by atoms with Crippen molar-refractivity contribution in [3.05, 3.63) is 27.7 Å². The molecule has 0 radical (unpaired) electrons. The summed E-state index contributed by atoms with van der Waals surface area (Å²) in [6.07, 6.45) is 1.54. The first-order chi connectivity index (χ1) is 7.60. The third-order valence-electron chi connectivity index (χ3n) is 2.28. The first-order valence-corrected chi connectivity index (χ1v) is 5.79. The highest BCUT2D eigenvalue weighted by Gasteiger charge is 2.12. The number of aliphatic imine (C=N–C) groups is 1. The van der Waals surface area contributed by atoms with Gasteiger partial charge in [-0.1, -0.05) is 13.8 Å². The smallest absolute Gasteiger partial charge is 0.235 e. The summed E-state index contributed by atoms with van der Waals surface area (Å²) in [6, 6.07) is 3.92. The van der Waals surface area contributed by atoms with Crippen molar-refractivity contribution in [2.45, 2.75) is 26.3 Å². The number of hydrogen-bond donors (Lipinski definition) is 0. The summed E-state index contributed by atoms with van der Waals surface area (Å²) in [5.74, 6) is 1.19. The molecule has 0 heterocycles. The molecule has 0 spiro atoms. The first-order valence-electron chi connectivity index (χ1n) is 5.00. The lowest BCUT2D eigenvalue weighted by Crippen LogP contribution is -1.97. The van der Waals surface area contributed by atoms with Gasteiger partial charge < -0.3 is 4.74 Å². The van der Waals surface area contributed by atoms with Crippen LogP contribution in [0.25, 0.3) is 0 Å². The molecule has 4 heteroatoms. The Morgan fingerprint density at radius 2 is 2.19 bits per heavy atom. The highest BCUT2D eigenvalue weighted by atomic mass is 79.9. The molecule has 0 aliphatic carbocycles. The van der Waals surface area contributed by atoms with Crippen LogP contribution in [0, 0.1) is 0 Å². The molecule has 0 amide bonds. The Morgan fingerprint density at radius 3 is 2.69 bits per heavy atom. The third-order valence-corrected chi connectivity index (χ3v) is 2.87. The molecule has 0 aliphatic heterocycles. The molecule has 0 N–H and O–H groups in total. The van der Waals surface area contributed by atoms with Gasteiger partial charge in [-0.05, 0) is 45.1 Å². The molecule has 1 aromatic carbocycles. The van der Waals surface area contributed by atoms with Crippen LogP contribution >= 0.6 is 15.9 Å². The second-order valence-corrected chi connectivity index (χ2v) is 4.62. The van der Waals surface area contributed by atoms with Crippen molar-refractivity contribution in [3.63, 3.8) is 0 Å². The Balaban J connectivity index is 3.22. The third kappa shape index (κ3) is 2.94. The van der Waals surface area contributed by atoms with Crippen LogP contribution in [-0.2, 0) is 11.3 Å². The summed E-state index contributed by atoms with van der Waals surface area (Å²) in [5, 5.41) is 0. The van der Waals surface area contributed by atoms with Gasteiger partial charge >= 0.3 is 0 Å². The van der Waals surface area contributed by atoms with Gasteiger partial charge in [0.2, 0.25) is 6.08 Å². The monoisotopic (exact) mass is 283 g/mol. The van der Waals surface area contributed by atoms with Gasteiger partial charge in [0.25, 0.3) is 0 Å². The van der Waals surface area contributed by atoms with E-state index < -0.39 is 0 Å². The van der Waals surface area contributed by atoms with Crippen LogP contribution in [0.1, 0.15) is 30.9 Å². The fraction of sp³-hybridized carbons (Fsp3) is 0.417. The van der Waals surface area contributed by atoms with Gasteiger partial charge in [0.1, 0.15) is 5.75 Å². The van der Waals surface area contributed by atoms with Crippen LogP contribution in [0.5, 0.6) is 5.75 Å². The van der Waals surface area contributed by atoms with E-state index in [1.165, 1.54) is 0 Å². The predicted molar refractivity (Wildman–Crippen MR) is 66.6 cm³/mol. The average Bonchev–Trinajstić information content (AvgIpc) is 2.25. The van der Waals surface area contributed by atoms with Crippen molar-refractivity contribution in [3.8, 4) is 5.75 Å². The van der Waals surface area contributed by atoms with Crippen molar-refractivity contribution in [1.82, 2.24) is 0 Å². The topological polar surface area (TPSA) is 38.7 Å². The SMILES string of the molecule is COc1c(Br)cc(CN=C=O)cc1C(C)C. The van der Waals surface area contributed by atoms with Gasteiger partial charge in [-0.3, -0.25) is 0 Å². The van der Waals surface area contributed by atoms with Crippen LogP contribution in [0.3, 0.4) is 0 Å². The number of nitrogens with zero attached hydrogens (tertiary/aromatic N) is 1. The zero-order valence-electron chi connectivity index (χ0n) is 9.58.